The molecule has 0 aromatic carbocycles. The van der Waals surface area contributed by atoms with Crippen LogP contribution in [0.3, 0.4) is 0 Å². The van der Waals surface area contributed by atoms with Gasteiger partial charge in [-0.1, -0.05) is 0 Å². The Morgan fingerprint density at radius 1 is 1.60 bits per heavy atom. The van der Waals surface area contributed by atoms with Crippen LogP contribution in [0.1, 0.15) is 6.92 Å². The van der Waals surface area contributed by atoms with Crippen molar-refractivity contribution in [3.8, 4) is 0 Å². The molecule has 6 nitrogen and oxygen atoms in total. The van der Waals surface area contributed by atoms with E-state index in [0.29, 0.717) is 0 Å². The molecule has 0 fully saturated rings. The minimum absolute atomic E-state index is 0.139. The molecule has 0 aliphatic heterocycles. The topological polar surface area (TPSA) is 88.0 Å². The molecule has 0 saturated carbocycles. The lowest BCUT2D eigenvalue weighted by Gasteiger charge is -2.24. The molecule has 0 saturated heterocycles. The molecule has 0 heterocycles. The Morgan fingerprint density at radius 3 is 2.60 bits per heavy atom. The van der Waals surface area contributed by atoms with Gasteiger partial charge in [-0.3, -0.25) is 4.79 Å². The summed E-state index contributed by atoms with van der Waals surface area (Å²) < 4.78 is 9.61. The van der Waals surface area contributed by atoms with Gasteiger partial charge in [-0.05, 0) is 13.2 Å². The van der Waals surface area contributed by atoms with Crippen LogP contribution in [0.5, 0.6) is 0 Å². The molecule has 2 atom stereocenters. The summed E-state index contributed by atoms with van der Waals surface area (Å²) in [5.74, 6) is -0.354. The van der Waals surface area contributed by atoms with Crippen molar-refractivity contribution in [1.29, 1.82) is 0 Å². The molecule has 1 unspecified atom stereocenters. The Balaban J connectivity index is 4.17. The Kier molecular flexibility index (Phi) is 7.91. The van der Waals surface area contributed by atoms with E-state index in [-0.39, 0.29) is 18.8 Å². The van der Waals surface area contributed by atoms with Crippen LogP contribution in [-0.4, -0.2) is 49.4 Å². The lowest BCUT2D eigenvalue weighted by Crippen LogP contribution is -2.45. The first-order valence-corrected chi connectivity index (χ1v) is 5.50. The molecule has 86 valence electrons. The number of nitrogens with one attached hydrogen (secondary N) is 1. The largest absolute Gasteiger partial charge is 0.382 e. The number of hydrogen-bond donors (Lipinski definition) is 3. The standard InChI is InChI=1S/C7H15BNO5P/c1-5(14-15(11)12)6(4-13-2)9-7(10)3-8/h5-6,11-12H,3-4H2,1-2H3,(H,9,10)/t5-,6?/m1/s1. The van der Waals surface area contributed by atoms with Crippen LogP contribution >= 0.6 is 8.60 Å². The maximum Gasteiger partial charge on any atom is 0.327 e. The molecule has 0 bridgehead atoms. The van der Waals surface area contributed by atoms with Crippen molar-refractivity contribution in [3.05, 3.63) is 0 Å². The summed E-state index contributed by atoms with van der Waals surface area (Å²) >= 11 is 0. The van der Waals surface area contributed by atoms with Crippen LogP contribution in [0.4, 0.5) is 0 Å². The molecule has 8 heteroatoms. The minimum atomic E-state index is -2.45. The van der Waals surface area contributed by atoms with Gasteiger partial charge in [0.05, 0.1) is 26.6 Å². The Labute approximate surface area is 91.4 Å². The Morgan fingerprint density at radius 2 is 2.20 bits per heavy atom. The van der Waals surface area contributed by atoms with E-state index < -0.39 is 20.7 Å². The van der Waals surface area contributed by atoms with Crippen LogP contribution in [0.2, 0.25) is 6.32 Å². The number of rotatable bonds is 7. The third-order valence-electron chi connectivity index (χ3n) is 1.71. The maximum absolute atomic E-state index is 11.0. The number of methoxy groups -OCH3 is 1. The van der Waals surface area contributed by atoms with Gasteiger partial charge in [0, 0.05) is 7.11 Å². The summed E-state index contributed by atoms with van der Waals surface area (Å²) in [5, 5.41) is 2.55. The van der Waals surface area contributed by atoms with Crippen molar-refractivity contribution in [2.45, 2.75) is 25.4 Å². The normalized spacial score (nSPS) is 15.0. The molecule has 0 spiro atoms. The van der Waals surface area contributed by atoms with Crippen LogP contribution in [0.25, 0.3) is 0 Å². The molecule has 3 N–H and O–H groups in total. The second-order valence-corrected chi connectivity index (χ2v) is 3.61. The fraction of sp³-hybridized carbons (Fsp3) is 0.857. The van der Waals surface area contributed by atoms with E-state index in [1.165, 1.54) is 7.11 Å². The van der Waals surface area contributed by atoms with Crippen molar-refractivity contribution < 1.29 is 23.8 Å². The maximum atomic E-state index is 11.0. The first-order valence-electron chi connectivity index (χ1n) is 4.34. The quantitative estimate of drug-likeness (QED) is 0.402. The van der Waals surface area contributed by atoms with Crippen molar-refractivity contribution in [3.63, 3.8) is 0 Å². The first kappa shape index (κ1) is 14.8. The first-order chi connectivity index (χ1) is 7.01. The average molecular weight is 235 g/mol. The van der Waals surface area contributed by atoms with E-state index in [9.17, 15) is 4.79 Å². The molecule has 0 aromatic rings. The van der Waals surface area contributed by atoms with Gasteiger partial charge >= 0.3 is 8.60 Å². The molecular formula is C7H15BNO5P. The average Bonchev–Trinajstić information content (AvgIpc) is 2.15. The number of carbonyl (C=O) groups is 1. The summed E-state index contributed by atoms with van der Waals surface area (Å²) in [5.41, 5.74) is 0. The zero-order chi connectivity index (χ0) is 11.8. The molecule has 2 radical (unpaired) electrons. The third-order valence-corrected chi connectivity index (χ3v) is 2.23. The van der Waals surface area contributed by atoms with Gasteiger partial charge in [0.15, 0.2) is 0 Å². The van der Waals surface area contributed by atoms with E-state index in [1.807, 2.05) is 0 Å². The molecule has 15 heavy (non-hydrogen) atoms. The van der Waals surface area contributed by atoms with Crippen LogP contribution in [0.15, 0.2) is 0 Å². The van der Waals surface area contributed by atoms with Gasteiger partial charge in [0.2, 0.25) is 5.91 Å². The molecule has 1 amide bonds. The van der Waals surface area contributed by atoms with E-state index in [1.54, 1.807) is 6.92 Å². The number of carbonyl (C=O) groups excluding carboxylic acids is 1. The molecule has 0 aromatic heterocycles. The van der Waals surface area contributed by atoms with Crippen molar-refractivity contribution in [1.82, 2.24) is 5.32 Å². The van der Waals surface area contributed by atoms with Gasteiger partial charge < -0.3 is 24.4 Å². The van der Waals surface area contributed by atoms with Crippen LogP contribution < -0.4 is 5.32 Å². The lowest BCUT2D eigenvalue weighted by molar-refractivity contribution is -0.120. The summed E-state index contributed by atoms with van der Waals surface area (Å²) in [4.78, 5) is 28.3. The minimum Gasteiger partial charge on any atom is -0.382 e. The summed E-state index contributed by atoms with van der Waals surface area (Å²) in [6.45, 7) is 1.80. The van der Waals surface area contributed by atoms with E-state index in [2.05, 4.69) is 5.32 Å². The summed E-state index contributed by atoms with van der Waals surface area (Å²) in [6.07, 6.45) is -0.707. The summed E-state index contributed by atoms with van der Waals surface area (Å²) in [6, 6.07) is -0.463. The van der Waals surface area contributed by atoms with Crippen molar-refractivity contribution in [2.24, 2.45) is 0 Å². The highest BCUT2D eigenvalue weighted by Crippen LogP contribution is 2.27. The predicted molar refractivity (Wildman–Crippen MR) is 56.3 cm³/mol. The second kappa shape index (κ2) is 8.02. The predicted octanol–water partition coefficient (Wildman–Crippen LogP) is -0.679. The van der Waals surface area contributed by atoms with Crippen LogP contribution in [0, 0.1) is 0 Å². The van der Waals surface area contributed by atoms with Crippen LogP contribution in [-0.2, 0) is 14.1 Å². The second-order valence-electron chi connectivity index (χ2n) is 2.90. The summed E-state index contributed by atoms with van der Waals surface area (Å²) in [7, 11) is 4.15. The lowest BCUT2D eigenvalue weighted by atomic mass is 10.0. The molecule has 0 aliphatic carbocycles. The fourth-order valence-electron chi connectivity index (χ4n) is 0.962. The highest BCUT2D eigenvalue weighted by atomic mass is 31.2. The third kappa shape index (κ3) is 6.81. The van der Waals surface area contributed by atoms with Gasteiger partial charge in [0.1, 0.15) is 0 Å². The number of ether oxygens (including phenoxy) is 1. The van der Waals surface area contributed by atoms with E-state index >= 15 is 0 Å². The SMILES string of the molecule is [B]CC(=O)NC(COC)[C@@H](C)OP(O)O. The Bertz CT molecular complexity index is 194. The molecule has 0 rings (SSSR count). The number of hydrogen-bond acceptors (Lipinski definition) is 5. The Hall–Kier alpha value is -0.195. The molecular weight excluding hydrogens is 220 g/mol. The van der Waals surface area contributed by atoms with Crippen molar-refractivity contribution >= 4 is 22.4 Å². The highest BCUT2D eigenvalue weighted by molar-refractivity contribution is 7.39. The zero-order valence-electron chi connectivity index (χ0n) is 8.71. The monoisotopic (exact) mass is 235 g/mol. The highest BCUT2D eigenvalue weighted by Gasteiger charge is 2.21. The zero-order valence-corrected chi connectivity index (χ0v) is 9.61. The van der Waals surface area contributed by atoms with E-state index in [4.69, 9.17) is 26.9 Å². The van der Waals surface area contributed by atoms with Gasteiger partial charge in [-0.25, -0.2) is 0 Å². The van der Waals surface area contributed by atoms with Gasteiger partial charge in [0.25, 0.3) is 0 Å². The van der Waals surface area contributed by atoms with E-state index in [0.717, 1.165) is 0 Å². The van der Waals surface area contributed by atoms with Gasteiger partial charge in [-0.15, -0.1) is 0 Å². The van der Waals surface area contributed by atoms with Crippen molar-refractivity contribution in [2.75, 3.05) is 13.7 Å². The van der Waals surface area contributed by atoms with Gasteiger partial charge in [-0.2, -0.15) is 0 Å². The fourth-order valence-corrected chi connectivity index (χ4v) is 1.41. The number of amides is 1. The smallest absolute Gasteiger partial charge is 0.327 e. The molecule has 0 aliphatic rings.